The summed E-state index contributed by atoms with van der Waals surface area (Å²) in [4.78, 5) is 43.9. The standard InChI is InChI=1S/C24H25FN4O4S2/c1-4-33-23(32)28-7-5-27(6-8-28)12-13-11-24(2,3)29-18-15(13)9-14(25)10-16(18)17(21(29)31)19-20(30)26-22(34)35-19/h9-11H,4-8,12H2,1-3H3,(H,26,30,34)/b19-17-. The lowest BCUT2D eigenvalue weighted by Crippen LogP contribution is -2.50. The highest BCUT2D eigenvalue weighted by atomic mass is 32.2. The number of carbonyl (C=O) groups excluding carboxylic acids is 3. The summed E-state index contributed by atoms with van der Waals surface area (Å²) in [6, 6.07) is 2.78. The van der Waals surface area contributed by atoms with Crippen LogP contribution in [0.3, 0.4) is 0 Å². The molecule has 0 saturated carbocycles. The number of ether oxygens (including phenoxy) is 1. The molecule has 3 amide bonds. The largest absolute Gasteiger partial charge is 0.450 e. The van der Waals surface area contributed by atoms with Crippen molar-refractivity contribution in [3.8, 4) is 0 Å². The molecule has 4 aliphatic heterocycles. The van der Waals surface area contributed by atoms with Crippen molar-refractivity contribution in [3.05, 3.63) is 40.1 Å². The first-order chi connectivity index (χ1) is 16.6. The van der Waals surface area contributed by atoms with Gasteiger partial charge in [-0.05, 0) is 38.5 Å². The van der Waals surface area contributed by atoms with Gasteiger partial charge in [0.2, 0.25) is 0 Å². The Bertz CT molecular complexity index is 1230. The minimum atomic E-state index is -0.693. The molecule has 35 heavy (non-hydrogen) atoms. The van der Waals surface area contributed by atoms with E-state index in [1.54, 1.807) is 16.7 Å². The fraction of sp³-hybridized carbons (Fsp3) is 0.417. The van der Waals surface area contributed by atoms with Crippen LogP contribution in [0.1, 0.15) is 31.9 Å². The number of benzene rings is 1. The van der Waals surface area contributed by atoms with Gasteiger partial charge in [0, 0.05) is 43.9 Å². The zero-order valence-electron chi connectivity index (χ0n) is 19.6. The molecule has 1 N–H and O–H groups in total. The number of amides is 3. The number of hydrogen-bond donors (Lipinski definition) is 1. The lowest BCUT2D eigenvalue weighted by atomic mass is 9.87. The first-order valence-corrected chi connectivity index (χ1v) is 12.6. The SMILES string of the molecule is CCOC(=O)N1CCN(CC2=CC(C)(C)N3C(=O)/C(=C4\SC(=S)NC4=O)c4cc(F)cc2c43)CC1. The van der Waals surface area contributed by atoms with Crippen LogP contribution in [-0.2, 0) is 14.3 Å². The molecule has 0 unspecified atom stereocenters. The summed E-state index contributed by atoms with van der Waals surface area (Å²) in [5, 5.41) is 2.55. The van der Waals surface area contributed by atoms with Crippen molar-refractivity contribution in [2.75, 3.05) is 44.2 Å². The van der Waals surface area contributed by atoms with Gasteiger partial charge >= 0.3 is 6.09 Å². The number of hydrogen-bond acceptors (Lipinski definition) is 7. The number of nitrogens with one attached hydrogen (secondary N) is 1. The van der Waals surface area contributed by atoms with Crippen LogP contribution in [0.25, 0.3) is 11.1 Å². The van der Waals surface area contributed by atoms with Crippen molar-refractivity contribution >= 4 is 63.0 Å². The van der Waals surface area contributed by atoms with Crippen molar-refractivity contribution in [2.45, 2.75) is 26.3 Å². The summed E-state index contributed by atoms with van der Waals surface area (Å²) < 4.78 is 20.3. The molecule has 11 heteroatoms. The van der Waals surface area contributed by atoms with Crippen LogP contribution in [0, 0.1) is 5.82 Å². The van der Waals surface area contributed by atoms with E-state index in [0.29, 0.717) is 56.1 Å². The van der Waals surface area contributed by atoms with Crippen molar-refractivity contribution in [1.29, 1.82) is 0 Å². The van der Waals surface area contributed by atoms with Gasteiger partial charge in [0.05, 0.1) is 28.3 Å². The molecule has 1 aromatic rings. The average Bonchev–Trinajstić information content (AvgIpc) is 3.27. The number of carbonyl (C=O) groups is 3. The Labute approximate surface area is 212 Å². The Morgan fingerprint density at radius 3 is 2.51 bits per heavy atom. The maximum absolute atomic E-state index is 14.9. The topological polar surface area (TPSA) is 82.2 Å². The number of thioether (sulfide) groups is 1. The van der Waals surface area contributed by atoms with E-state index in [1.165, 1.54) is 12.1 Å². The summed E-state index contributed by atoms with van der Waals surface area (Å²) >= 11 is 6.14. The maximum atomic E-state index is 14.9. The van der Waals surface area contributed by atoms with Gasteiger partial charge in [0.1, 0.15) is 10.1 Å². The normalized spacial score (nSPS) is 23.4. The Balaban J connectivity index is 1.50. The van der Waals surface area contributed by atoms with Gasteiger partial charge in [-0.3, -0.25) is 19.4 Å². The Morgan fingerprint density at radius 1 is 1.20 bits per heavy atom. The molecule has 1 aromatic carbocycles. The van der Waals surface area contributed by atoms with Gasteiger partial charge in [-0.2, -0.15) is 0 Å². The maximum Gasteiger partial charge on any atom is 0.409 e. The second-order valence-corrected chi connectivity index (χ2v) is 11.0. The third-order valence-corrected chi connectivity index (χ3v) is 7.80. The molecule has 0 aliphatic carbocycles. The lowest BCUT2D eigenvalue weighted by molar-refractivity contribution is -0.116. The lowest BCUT2D eigenvalue weighted by Gasteiger charge is -2.41. The van der Waals surface area contributed by atoms with E-state index in [4.69, 9.17) is 17.0 Å². The van der Waals surface area contributed by atoms with Crippen molar-refractivity contribution < 1.29 is 23.5 Å². The monoisotopic (exact) mass is 516 g/mol. The fourth-order valence-electron chi connectivity index (χ4n) is 5.10. The summed E-state index contributed by atoms with van der Waals surface area (Å²) in [6.07, 6.45) is 1.69. The van der Waals surface area contributed by atoms with Crippen LogP contribution >= 0.6 is 24.0 Å². The molecule has 0 bridgehead atoms. The predicted octanol–water partition coefficient (Wildman–Crippen LogP) is 2.98. The van der Waals surface area contributed by atoms with E-state index < -0.39 is 17.3 Å². The van der Waals surface area contributed by atoms with Gasteiger partial charge in [-0.1, -0.05) is 30.1 Å². The van der Waals surface area contributed by atoms with Gasteiger partial charge in [0.25, 0.3) is 11.8 Å². The van der Waals surface area contributed by atoms with Gasteiger partial charge in [-0.15, -0.1) is 0 Å². The number of anilines is 1. The van der Waals surface area contributed by atoms with E-state index in [1.807, 2.05) is 19.9 Å². The second kappa shape index (κ2) is 8.72. The van der Waals surface area contributed by atoms with Crippen LogP contribution in [0.5, 0.6) is 0 Å². The van der Waals surface area contributed by atoms with Crippen LogP contribution in [0.2, 0.25) is 0 Å². The Kier molecular flexibility index (Phi) is 5.97. The molecule has 0 spiro atoms. The molecule has 8 nitrogen and oxygen atoms in total. The first kappa shape index (κ1) is 24.0. The number of nitrogens with zero attached hydrogens (tertiary/aromatic N) is 3. The number of thiocarbonyl (C=S) groups is 1. The van der Waals surface area contributed by atoms with Gasteiger partial charge in [-0.25, -0.2) is 9.18 Å². The van der Waals surface area contributed by atoms with Crippen LogP contribution < -0.4 is 10.2 Å². The summed E-state index contributed by atoms with van der Waals surface area (Å²) in [6.45, 7) is 8.92. The zero-order chi connectivity index (χ0) is 25.1. The van der Waals surface area contributed by atoms with Crippen LogP contribution in [-0.4, -0.2) is 76.9 Å². The third-order valence-electron chi connectivity index (χ3n) is 6.57. The Hall–Kier alpha value is -2.76. The number of halogens is 1. The van der Waals surface area contributed by atoms with E-state index in [0.717, 1.165) is 17.3 Å². The molecule has 4 aliphatic rings. The van der Waals surface area contributed by atoms with E-state index >= 15 is 0 Å². The minimum absolute atomic E-state index is 0.189. The summed E-state index contributed by atoms with van der Waals surface area (Å²) in [5.41, 5.74) is 2.08. The highest BCUT2D eigenvalue weighted by molar-refractivity contribution is 8.27. The van der Waals surface area contributed by atoms with E-state index in [2.05, 4.69) is 10.2 Å². The summed E-state index contributed by atoms with van der Waals surface area (Å²) in [7, 11) is 0. The molecule has 184 valence electrons. The van der Waals surface area contributed by atoms with E-state index in [9.17, 15) is 18.8 Å². The number of piperazine rings is 1. The minimum Gasteiger partial charge on any atom is -0.450 e. The Morgan fingerprint density at radius 2 is 1.89 bits per heavy atom. The average molecular weight is 517 g/mol. The molecule has 0 aromatic heterocycles. The molecular formula is C24H25FN4O4S2. The molecular weight excluding hydrogens is 491 g/mol. The van der Waals surface area contributed by atoms with Gasteiger partial charge < -0.3 is 15.0 Å². The summed E-state index contributed by atoms with van der Waals surface area (Å²) in [5.74, 6) is -1.25. The first-order valence-electron chi connectivity index (χ1n) is 11.4. The zero-order valence-corrected chi connectivity index (χ0v) is 21.3. The number of rotatable bonds is 3. The fourth-order valence-corrected chi connectivity index (χ4v) is 6.21. The van der Waals surface area contributed by atoms with Crippen LogP contribution in [0.4, 0.5) is 14.9 Å². The second-order valence-electron chi connectivity index (χ2n) is 9.32. The molecule has 4 heterocycles. The quantitative estimate of drug-likeness (QED) is 0.489. The molecule has 2 saturated heterocycles. The highest BCUT2D eigenvalue weighted by Crippen LogP contribution is 2.51. The molecule has 0 radical (unpaired) electrons. The van der Waals surface area contributed by atoms with Crippen molar-refractivity contribution in [1.82, 2.24) is 15.1 Å². The molecule has 5 rings (SSSR count). The molecule has 2 fully saturated rings. The highest BCUT2D eigenvalue weighted by Gasteiger charge is 2.48. The van der Waals surface area contributed by atoms with Gasteiger partial charge in [0.15, 0.2) is 0 Å². The molecule has 0 atom stereocenters. The third kappa shape index (κ3) is 4.05. The smallest absolute Gasteiger partial charge is 0.409 e. The van der Waals surface area contributed by atoms with E-state index in [-0.39, 0.29) is 26.8 Å². The van der Waals surface area contributed by atoms with Crippen LogP contribution in [0.15, 0.2) is 23.1 Å². The van der Waals surface area contributed by atoms with Crippen molar-refractivity contribution in [2.24, 2.45) is 0 Å². The predicted molar refractivity (Wildman–Crippen MR) is 136 cm³/mol. The van der Waals surface area contributed by atoms with Crippen molar-refractivity contribution in [3.63, 3.8) is 0 Å².